The summed E-state index contributed by atoms with van der Waals surface area (Å²) in [4.78, 5) is 35.8. The van der Waals surface area contributed by atoms with Gasteiger partial charge in [0.15, 0.2) is 11.5 Å². The molecule has 1 aromatic carbocycles. The first-order valence-electron chi connectivity index (χ1n) is 11.5. The minimum atomic E-state index is -0.246. The Morgan fingerprint density at radius 1 is 1.11 bits per heavy atom. The minimum Gasteiger partial charge on any atom is -0.454 e. The summed E-state index contributed by atoms with van der Waals surface area (Å²) in [5, 5.41) is 0. The fraction of sp³-hybridized carbons (Fsp3) is 0.280. The number of carbonyl (C=O) groups excluding carboxylic acids is 1. The van der Waals surface area contributed by atoms with E-state index in [1.54, 1.807) is 12.3 Å². The SMILES string of the molecule is Cc1ccc2nc(N3CCOCC3)c(/C=C3/SC(=S)N(Cc4ccc5c(c4)OCO5)C3=O)c(=O)n2c1. The average Bonchev–Trinajstić information content (AvgIpc) is 3.46. The van der Waals surface area contributed by atoms with Gasteiger partial charge in [-0.15, -0.1) is 0 Å². The van der Waals surface area contributed by atoms with E-state index in [-0.39, 0.29) is 18.3 Å². The van der Waals surface area contributed by atoms with Gasteiger partial charge in [-0.3, -0.25) is 18.9 Å². The summed E-state index contributed by atoms with van der Waals surface area (Å²) in [5.74, 6) is 1.63. The Bertz CT molecular complexity index is 1500. The lowest BCUT2D eigenvalue weighted by Crippen LogP contribution is -2.38. The normalized spacial score (nSPS) is 18.6. The fourth-order valence-corrected chi connectivity index (χ4v) is 5.62. The number of benzene rings is 1. The number of ether oxygens (including phenoxy) is 3. The molecule has 0 spiro atoms. The molecule has 0 saturated carbocycles. The van der Waals surface area contributed by atoms with Gasteiger partial charge in [-0.1, -0.05) is 36.1 Å². The highest BCUT2D eigenvalue weighted by molar-refractivity contribution is 8.26. The van der Waals surface area contributed by atoms with Gasteiger partial charge in [0.25, 0.3) is 11.5 Å². The molecule has 3 aliphatic heterocycles. The molecule has 2 aromatic heterocycles. The number of rotatable bonds is 4. The Labute approximate surface area is 216 Å². The van der Waals surface area contributed by atoms with Gasteiger partial charge < -0.3 is 19.1 Å². The summed E-state index contributed by atoms with van der Waals surface area (Å²) in [6, 6.07) is 9.31. The summed E-state index contributed by atoms with van der Waals surface area (Å²) >= 11 is 6.73. The van der Waals surface area contributed by atoms with Crippen LogP contribution in [0.2, 0.25) is 0 Å². The van der Waals surface area contributed by atoms with Crippen molar-refractivity contribution in [2.75, 3.05) is 38.0 Å². The lowest BCUT2D eigenvalue weighted by Gasteiger charge is -2.29. The molecule has 0 radical (unpaired) electrons. The number of aryl methyl sites for hydroxylation is 1. The van der Waals surface area contributed by atoms with Crippen LogP contribution < -0.4 is 19.9 Å². The first-order chi connectivity index (χ1) is 17.5. The van der Waals surface area contributed by atoms with Crippen LogP contribution >= 0.6 is 24.0 Å². The van der Waals surface area contributed by atoms with Crippen LogP contribution in [0.25, 0.3) is 11.7 Å². The first kappa shape index (κ1) is 23.0. The van der Waals surface area contributed by atoms with Crippen LogP contribution in [0.4, 0.5) is 5.82 Å². The van der Waals surface area contributed by atoms with Crippen LogP contribution in [0.3, 0.4) is 0 Å². The largest absolute Gasteiger partial charge is 0.454 e. The predicted octanol–water partition coefficient (Wildman–Crippen LogP) is 2.97. The third-order valence-corrected chi connectivity index (χ3v) is 7.60. The smallest absolute Gasteiger partial charge is 0.267 e. The van der Waals surface area contributed by atoms with Crippen molar-refractivity contribution in [3.05, 3.63) is 68.5 Å². The van der Waals surface area contributed by atoms with Gasteiger partial charge in [-0.05, 0) is 42.3 Å². The fourth-order valence-electron chi connectivity index (χ4n) is 4.38. The number of thiocarbonyl (C=S) groups is 1. The zero-order valence-electron chi connectivity index (χ0n) is 19.4. The number of thioether (sulfide) groups is 1. The van der Waals surface area contributed by atoms with Crippen molar-refractivity contribution in [2.24, 2.45) is 0 Å². The second-order valence-electron chi connectivity index (χ2n) is 8.64. The monoisotopic (exact) mass is 522 g/mol. The summed E-state index contributed by atoms with van der Waals surface area (Å²) in [6.07, 6.45) is 3.39. The highest BCUT2D eigenvalue weighted by Crippen LogP contribution is 2.37. The van der Waals surface area contributed by atoms with Crippen molar-refractivity contribution in [2.45, 2.75) is 13.5 Å². The van der Waals surface area contributed by atoms with E-state index in [2.05, 4.69) is 0 Å². The van der Waals surface area contributed by atoms with Crippen molar-refractivity contribution in [3.8, 4) is 11.5 Å². The molecule has 0 atom stereocenters. The lowest BCUT2D eigenvalue weighted by atomic mass is 10.2. The molecule has 36 heavy (non-hydrogen) atoms. The number of carbonyl (C=O) groups is 1. The summed E-state index contributed by atoms with van der Waals surface area (Å²) in [7, 11) is 0. The van der Waals surface area contributed by atoms with Gasteiger partial charge in [-0.25, -0.2) is 4.98 Å². The van der Waals surface area contributed by atoms with E-state index in [0.717, 1.165) is 11.1 Å². The molecule has 5 heterocycles. The molecule has 0 aliphatic carbocycles. The molecule has 1 amide bonds. The number of aromatic nitrogens is 2. The molecule has 3 aliphatic rings. The summed E-state index contributed by atoms with van der Waals surface area (Å²) in [6.45, 7) is 4.72. The quantitative estimate of drug-likeness (QED) is 0.379. The van der Waals surface area contributed by atoms with Crippen molar-refractivity contribution in [1.82, 2.24) is 14.3 Å². The molecule has 11 heteroatoms. The molecule has 6 rings (SSSR count). The van der Waals surface area contributed by atoms with Crippen molar-refractivity contribution in [1.29, 1.82) is 0 Å². The molecule has 0 bridgehead atoms. The van der Waals surface area contributed by atoms with Crippen LogP contribution in [0, 0.1) is 6.92 Å². The van der Waals surface area contributed by atoms with Crippen molar-refractivity contribution < 1.29 is 19.0 Å². The molecular formula is C25H22N4O5S2. The van der Waals surface area contributed by atoms with E-state index in [1.165, 1.54) is 21.1 Å². The number of fused-ring (bicyclic) bond motifs is 2. The van der Waals surface area contributed by atoms with E-state index < -0.39 is 0 Å². The highest BCUT2D eigenvalue weighted by Gasteiger charge is 2.33. The Morgan fingerprint density at radius 2 is 1.92 bits per heavy atom. The summed E-state index contributed by atoms with van der Waals surface area (Å²) in [5.41, 5.74) is 2.50. The van der Waals surface area contributed by atoms with Crippen LogP contribution in [-0.4, -0.2) is 57.6 Å². The molecule has 2 saturated heterocycles. The number of hydrogen-bond donors (Lipinski definition) is 0. The van der Waals surface area contributed by atoms with Gasteiger partial charge in [-0.2, -0.15) is 0 Å². The lowest BCUT2D eigenvalue weighted by molar-refractivity contribution is -0.122. The van der Waals surface area contributed by atoms with E-state index >= 15 is 0 Å². The van der Waals surface area contributed by atoms with Crippen LogP contribution in [0.1, 0.15) is 16.7 Å². The average molecular weight is 523 g/mol. The Kier molecular flexibility index (Phi) is 5.90. The molecule has 0 N–H and O–H groups in total. The third kappa shape index (κ3) is 4.12. The number of morpholine rings is 1. The summed E-state index contributed by atoms with van der Waals surface area (Å²) < 4.78 is 18.3. The third-order valence-electron chi connectivity index (χ3n) is 6.22. The second-order valence-corrected chi connectivity index (χ2v) is 10.3. The Morgan fingerprint density at radius 3 is 2.75 bits per heavy atom. The Balaban J connectivity index is 1.38. The maximum Gasteiger partial charge on any atom is 0.267 e. The van der Waals surface area contributed by atoms with E-state index in [0.29, 0.717) is 70.6 Å². The van der Waals surface area contributed by atoms with Gasteiger partial charge in [0.05, 0.1) is 30.2 Å². The maximum absolute atomic E-state index is 13.6. The van der Waals surface area contributed by atoms with Crippen LogP contribution in [-0.2, 0) is 16.1 Å². The van der Waals surface area contributed by atoms with Crippen molar-refractivity contribution in [3.63, 3.8) is 0 Å². The van der Waals surface area contributed by atoms with Gasteiger partial charge >= 0.3 is 0 Å². The molecule has 184 valence electrons. The second kappa shape index (κ2) is 9.23. The maximum atomic E-state index is 13.6. The molecular weight excluding hydrogens is 500 g/mol. The highest BCUT2D eigenvalue weighted by atomic mass is 32.2. The number of amides is 1. The first-order valence-corrected chi connectivity index (χ1v) is 12.7. The van der Waals surface area contributed by atoms with E-state index in [9.17, 15) is 9.59 Å². The van der Waals surface area contributed by atoms with Gasteiger partial charge in [0.1, 0.15) is 15.8 Å². The van der Waals surface area contributed by atoms with E-state index in [1.807, 2.05) is 42.2 Å². The minimum absolute atomic E-state index is 0.183. The van der Waals surface area contributed by atoms with Crippen LogP contribution in [0.15, 0.2) is 46.2 Å². The molecule has 0 unspecified atom stereocenters. The zero-order chi connectivity index (χ0) is 24.8. The molecule has 2 fully saturated rings. The van der Waals surface area contributed by atoms with Gasteiger partial charge in [0, 0.05) is 19.3 Å². The predicted molar refractivity (Wildman–Crippen MR) is 141 cm³/mol. The van der Waals surface area contributed by atoms with Crippen LogP contribution in [0.5, 0.6) is 11.5 Å². The number of hydrogen-bond acceptors (Lipinski definition) is 9. The number of pyridine rings is 1. The molecule has 9 nitrogen and oxygen atoms in total. The molecule has 3 aromatic rings. The Hall–Kier alpha value is -3.41. The zero-order valence-corrected chi connectivity index (χ0v) is 21.1. The number of anilines is 1. The van der Waals surface area contributed by atoms with Gasteiger partial charge in [0.2, 0.25) is 6.79 Å². The topological polar surface area (TPSA) is 85.6 Å². The standard InChI is InChI=1S/C25H22N4O5S2/c1-15-2-5-21-26-22(27-6-8-32-9-7-27)17(23(30)28(21)12-15)11-20-24(31)29(25(35)36-20)13-16-3-4-18-19(10-16)34-14-33-18/h2-5,10-12H,6-9,13-14H2,1H3/b20-11+. The van der Waals surface area contributed by atoms with E-state index in [4.69, 9.17) is 31.4 Å². The van der Waals surface area contributed by atoms with Crippen molar-refractivity contribution >= 4 is 51.7 Å². The number of nitrogens with zero attached hydrogens (tertiary/aromatic N) is 4.